The SMILES string of the molecule is CNc1cc(-c2ccc3[nH]ccc3c2)cc(N)n1. The molecular weight excluding hydrogens is 224 g/mol. The van der Waals surface area contributed by atoms with Crippen molar-refractivity contribution in [1.82, 2.24) is 9.97 Å². The molecule has 0 spiro atoms. The second kappa shape index (κ2) is 4.07. The summed E-state index contributed by atoms with van der Waals surface area (Å²) in [6, 6.07) is 12.2. The van der Waals surface area contributed by atoms with Crippen LogP contribution in [0.15, 0.2) is 42.6 Å². The molecule has 1 aromatic carbocycles. The summed E-state index contributed by atoms with van der Waals surface area (Å²) in [5.41, 5.74) is 9.14. The van der Waals surface area contributed by atoms with Gasteiger partial charge in [-0.3, -0.25) is 0 Å². The molecule has 0 aliphatic carbocycles. The smallest absolute Gasteiger partial charge is 0.128 e. The Bertz CT molecular complexity index is 700. The maximum Gasteiger partial charge on any atom is 0.128 e. The van der Waals surface area contributed by atoms with Crippen LogP contribution in [0.3, 0.4) is 0 Å². The molecule has 4 heteroatoms. The van der Waals surface area contributed by atoms with E-state index in [-0.39, 0.29) is 0 Å². The maximum atomic E-state index is 5.81. The molecule has 0 saturated carbocycles. The number of hydrogen-bond acceptors (Lipinski definition) is 3. The van der Waals surface area contributed by atoms with Gasteiger partial charge in [0.25, 0.3) is 0 Å². The van der Waals surface area contributed by atoms with Crippen LogP contribution in [0.4, 0.5) is 11.6 Å². The third-order valence-electron chi connectivity index (χ3n) is 2.99. The van der Waals surface area contributed by atoms with Gasteiger partial charge in [0.05, 0.1) is 0 Å². The van der Waals surface area contributed by atoms with Gasteiger partial charge in [-0.05, 0) is 46.8 Å². The third kappa shape index (κ3) is 1.78. The largest absolute Gasteiger partial charge is 0.384 e. The van der Waals surface area contributed by atoms with Crippen molar-refractivity contribution in [2.75, 3.05) is 18.1 Å². The fourth-order valence-electron chi connectivity index (χ4n) is 2.08. The molecule has 2 aromatic heterocycles. The van der Waals surface area contributed by atoms with Gasteiger partial charge in [-0.15, -0.1) is 0 Å². The highest BCUT2D eigenvalue weighted by atomic mass is 15.0. The summed E-state index contributed by atoms with van der Waals surface area (Å²) in [6.45, 7) is 0. The van der Waals surface area contributed by atoms with E-state index in [0.29, 0.717) is 5.82 Å². The van der Waals surface area contributed by atoms with Gasteiger partial charge in [0, 0.05) is 18.8 Å². The maximum absolute atomic E-state index is 5.81. The van der Waals surface area contributed by atoms with E-state index in [0.717, 1.165) is 22.5 Å². The summed E-state index contributed by atoms with van der Waals surface area (Å²) in [7, 11) is 1.83. The number of hydrogen-bond donors (Lipinski definition) is 3. The van der Waals surface area contributed by atoms with E-state index in [1.807, 2.05) is 25.4 Å². The lowest BCUT2D eigenvalue weighted by molar-refractivity contribution is 1.29. The average molecular weight is 238 g/mol. The summed E-state index contributed by atoms with van der Waals surface area (Å²) in [5.74, 6) is 1.30. The molecule has 18 heavy (non-hydrogen) atoms. The lowest BCUT2D eigenvalue weighted by Crippen LogP contribution is -1.97. The zero-order valence-electron chi connectivity index (χ0n) is 10.1. The average Bonchev–Trinajstić information content (AvgIpc) is 2.85. The minimum absolute atomic E-state index is 0.519. The molecule has 4 nitrogen and oxygen atoms in total. The molecule has 3 aromatic rings. The van der Waals surface area contributed by atoms with Gasteiger partial charge < -0.3 is 16.0 Å². The number of nitrogens with zero attached hydrogens (tertiary/aromatic N) is 1. The number of aromatic nitrogens is 2. The molecule has 2 heterocycles. The Hall–Kier alpha value is -2.49. The van der Waals surface area contributed by atoms with Crippen molar-refractivity contribution < 1.29 is 0 Å². The molecule has 0 aliphatic rings. The molecule has 90 valence electrons. The summed E-state index contributed by atoms with van der Waals surface area (Å²) in [5, 5.41) is 4.20. The normalized spacial score (nSPS) is 10.7. The number of nitrogens with one attached hydrogen (secondary N) is 2. The van der Waals surface area contributed by atoms with E-state index < -0.39 is 0 Å². The minimum Gasteiger partial charge on any atom is -0.384 e. The first kappa shape index (κ1) is 10.7. The highest BCUT2D eigenvalue weighted by Gasteiger charge is 2.04. The van der Waals surface area contributed by atoms with E-state index in [2.05, 4.69) is 39.6 Å². The molecule has 3 rings (SSSR count). The van der Waals surface area contributed by atoms with E-state index in [9.17, 15) is 0 Å². The predicted octanol–water partition coefficient (Wildman–Crippen LogP) is 2.85. The van der Waals surface area contributed by atoms with Crippen LogP contribution in [0.1, 0.15) is 0 Å². The Kier molecular flexibility index (Phi) is 2.41. The quantitative estimate of drug-likeness (QED) is 0.643. The van der Waals surface area contributed by atoms with Crippen LogP contribution in [-0.2, 0) is 0 Å². The van der Waals surface area contributed by atoms with Crippen molar-refractivity contribution in [1.29, 1.82) is 0 Å². The van der Waals surface area contributed by atoms with E-state index in [1.54, 1.807) is 0 Å². The lowest BCUT2D eigenvalue weighted by Gasteiger charge is -2.06. The van der Waals surface area contributed by atoms with Gasteiger partial charge >= 0.3 is 0 Å². The van der Waals surface area contributed by atoms with Crippen LogP contribution < -0.4 is 11.1 Å². The number of anilines is 2. The van der Waals surface area contributed by atoms with Crippen molar-refractivity contribution in [2.24, 2.45) is 0 Å². The second-order valence-corrected chi connectivity index (χ2v) is 4.20. The fourth-order valence-corrected chi connectivity index (χ4v) is 2.08. The molecule has 0 radical (unpaired) electrons. The first-order chi connectivity index (χ1) is 8.76. The molecule has 0 aliphatic heterocycles. The molecular formula is C14H14N4. The molecule has 0 amide bonds. The standard InChI is InChI=1S/C14H14N4/c1-16-14-8-11(7-13(15)18-14)9-2-3-12-10(6-9)4-5-17-12/h2-8,17H,1H3,(H3,15,16,18). The number of rotatable bonds is 2. The molecule has 0 unspecified atom stereocenters. The van der Waals surface area contributed by atoms with Crippen molar-refractivity contribution in [2.45, 2.75) is 0 Å². The number of H-pyrrole nitrogens is 1. The number of aromatic amines is 1. The summed E-state index contributed by atoms with van der Waals surface area (Å²) < 4.78 is 0. The predicted molar refractivity (Wildman–Crippen MR) is 75.5 cm³/mol. The van der Waals surface area contributed by atoms with Crippen molar-refractivity contribution in [3.8, 4) is 11.1 Å². The first-order valence-electron chi connectivity index (χ1n) is 5.79. The molecule has 0 atom stereocenters. The number of nitrogens with two attached hydrogens (primary N) is 1. The van der Waals surface area contributed by atoms with Gasteiger partial charge in [0.1, 0.15) is 11.6 Å². The summed E-state index contributed by atoms with van der Waals surface area (Å²) in [4.78, 5) is 7.37. The van der Waals surface area contributed by atoms with Crippen LogP contribution in [0, 0.1) is 0 Å². The second-order valence-electron chi connectivity index (χ2n) is 4.20. The molecule has 0 bridgehead atoms. The van der Waals surface area contributed by atoms with Gasteiger partial charge in [0.15, 0.2) is 0 Å². The Morgan fingerprint density at radius 1 is 1.11 bits per heavy atom. The zero-order valence-corrected chi connectivity index (χ0v) is 10.1. The number of pyridine rings is 1. The summed E-state index contributed by atoms with van der Waals surface area (Å²) >= 11 is 0. The summed E-state index contributed by atoms with van der Waals surface area (Å²) in [6.07, 6.45) is 1.94. The van der Waals surface area contributed by atoms with Crippen molar-refractivity contribution in [3.05, 3.63) is 42.6 Å². The van der Waals surface area contributed by atoms with Crippen molar-refractivity contribution >= 4 is 22.5 Å². The Balaban J connectivity index is 2.15. The molecule has 0 saturated heterocycles. The highest BCUT2D eigenvalue weighted by Crippen LogP contribution is 2.26. The fraction of sp³-hybridized carbons (Fsp3) is 0.0714. The third-order valence-corrected chi connectivity index (χ3v) is 2.99. The minimum atomic E-state index is 0.519. The van der Waals surface area contributed by atoms with E-state index >= 15 is 0 Å². The topological polar surface area (TPSA) is 66.7 Å². The Morgan fingerprint density at radius 3 is 2.83 bits per heavy atom. The number of nitrogen functional groups attached to an aromatic ring is 1. The van der Waals surface area contributed by atoms with Crippen LogP contribution in [0.25, 0.3) is 22.0 Å². The van der Waals surface area contributed by atoms with Crippen LogP contribution in [0.5, 0.6) is 0 Å². The lowest BCUT2D eigenvalue weighted by atomic mass is 10.0. The first-order valence-corrected chi connectivity index (χ1v) is 5.79. The van der Waals surface area contributed by atoms with Gasteiger partial charge in [-0.2, -0.15) is 0 Å². The monoisotopic (exact) mass is 238 g/mol. The van der Waals surface area contributed by atoms with Crippen LogP contribution in [-0.4, -0.2) is 17.0 Å². The van der Waals surface area contributed by atoms with E-state index in [4.69, 9.17) is 5.73 Å². The van der Waals surface area contributed by atoms with Gasteiger partial charge in [0.2, 0.25) is 0 Å². The zero-order chi connectivity index (χ0) is 12.5. The van der Waals surface area contributed by atoms with Gasteiger partial charge in [-0.1, -0.05) is 6.07 Å². The highest BCUT2D eigenvalue weighted by molar-refractivity contribution is 5.85. The number of benzene rings is 1. The Morgan fingerprint density at radius 2 is 2.00 bits per heavy atom. The molecule has 4 N–H and O–H groups in total. The van der Waals surface area contributed by atoms with Crippen LogP contribution >= 0.6 is 0 Å². The Labute approximate surface area is 105 Å². The molecule has 0 fully saturated rings. The van der Waals surface area contributed by atoms with Gasteiger partial charge in [-0.25, -0.2) is 4.98 Å². The number of fused-ring (bicyclic) bond motifs is 1. The van der Waals surface area contributed by atoms with E-state index in [1.165, 1.54) is 5.39 Å². The van der Waals surface area contributed by atoms with Crippen molar-refractivity contribution in [3.63, 3.8) is 0 Å². The van der Waals surface area contributed by atoms with Crippen LogP contribution in [0.2, 0.25) is 0 Å².